The van der Waals surface area contributed by atoms with Crippen molar-refractivity contribution in [3.8, 4) is 0 Å². The Kier molecular flexibility index (Phi) is 13.1. The van der Waals surface area contributed by atoms with Crippen LogP contribution in [0.3, 0.4) is 0 Å². The Bertz CT molecular complexity index is 306. The van der Waals surface area contributed by atoms with Crippen molar-refractivity contribution in [3.05, 3.63) is 25.3 Å². The quantitative estimate of drug-likeness (QED) is 0.221. The van der Waals surface area contributed by atoms with Gasteiger partial charge in [-0.3, -0.25) is 0 Å². The molecule has 0 aliphatic rings. The van der Waals surface area contributed by atoms with Crippen molar-refractivity contribution in [3.63, 3.8) is 0 Å². The van der Waals surface area contributed by atoms with Gasteiger partial charge in [-0.2, -0.15) is 0 Å². The predicted molar refractivity (Wildman–Crippen MR) is 102 cm³/mol. The molecule has 0 saturated carbocycles. The third kappa shape index (κ3) is 11.6. The minimum atomic E-state index is -2.51. The average Bonchev–Trinajstić information content (AvgIpc) is 2.42. The SMILES string of the molecule is C=CCC(CCCC)OP(=S)(S)OC(CC=C)CCCC. The van der Waals surface area contributed by atoms with E-state index < -0.39 is 5.69 Å². The smallest absolute Gasteiger partial charge is 0.244 e. The summed E-state index contributed by atoms with van der Waals surface area (Å²) in [5.74, 6) is 0. The van der Waals surface area contributed by atoms with Gasteiger partial charge in [0.1, 0.15) is 0 Å². The highest BCUT2D eigenvalue weighted by Crippen LogP contribution is 2.56. The molecule has 2 atom stereocenters. The minimum absolute atomic E-state index is 0.0707. The van der Waals surface area contributed by atoms with Crippen molar-refractivity contribution in [1.82, 2.24) is 0 Å². The molecule has 5 heteroatoms. The number of thiol groups is 1. The topological polar surface area (TPSA) is 18.5 Å². The second-order valence-corrected chi connectivity index (χ2v) is 10.4. The predicted octanol–water partition coefficient (Wildman–Crippen LogP) is 6.44. The van der Waals surface area contributed by atoms with Gasteiger partial charge in [0.2, 0.25) is 5.69 Å². The van der Waals surface area contributed by atoms with Crippen LogP contribution in [0.4, 0.5) is 0 Å². The molecule has 0 saturated heterocycles. The molecule has 0 aliphatic carbocycles. The zero-order valence-electron chi connectivity index (χ0n) is 13.5. The molecule has 2 unspecified atom stereocenters. The third-order valence-corrected chi connectivity index (χ3v) is 5.39. The first-order chi connectivity index (χ1) is 9.99. The fourth-order valence-corrected chi connectivity index (χ4v) is 4.78. The highest BCUT2D eigenvalue weighted by atomic mass is 32.9. The highest BCUT2D eigenvalue weighted by molar-refractivity contribution is 8.60. The summed E-state index contributed by atoms with van der Waals surface area (Å²) in [6.45, 7) is 11.9. The Morgan fingerprint density at radius 2 is 1.38 bits per heavy atom. The molecule has 0 rings (SSSR count). The molecule has 0 aromatic rings. The molecule has 0 fully saturated rings. The second kappa shape index (κ2) is 12.9. The lowest BCUT2D eigenvalue weighted by Crippen LogP contribution is -2.14. The normalized spacial score (nSPS) is 16.9. The fourth-order valence-electron chi connectivity index (χ4n) is 2.06. The van der Waals surface area contributed by atoms with Crippen LogP contribution in [-0.4, -0.2) is 12.2 Å². The molecular formula is C16H31O2PS2. The Morgan fingerprint density at radius 1 is 1.00 bits per heavy atom. The molecule has 0 heterocycles. The van der Waals surface area contributed by atoms with Gasteiger partial charge in [0, 0.05) is 0 Å². The molecule has 124 valence electrons. The molecule has 21 heavy (non-hydrogen) atoms. The van der Waals surface area contributed by atoms with Crippen LogP contribution in [0.15, 0.2) is 25.3 Å². The summed E-state index contributed by atoms with van der Waals surface area (Å²) in [7, 11) is 0. The van der Waals surface area contributed by atoms with Gasteiger partial charge in [0.15, 0.2) is 0 Å². The van der Waals surface area contributed by atoms with Gasteiger partial charge < -0.3 is 9.05 Å². The van der Waals surface area contributed by atoms with E-state index in [1.807, 2.05) is 12.2 Å². The monoisotopic (exact) mass is 350 g/mol. The fraction of sp³-hybridized carbons (Fsp3) is 0.750. The molecular weight excluding hydrogens is 319 g/mol. The Hall–Kier alpha value is 0.400. The molecule has 0 aliphatic heterocycles. The standard InChI is InChI=1S/C16H31O2PS2/c1-5-9-13-15(11-7-3)17-19(20,21)18-16(12-8-4)14-10-6-2/h7-8,15-16H,3-6,9-14H2,1-2H3,(H,20,21). The van der Waals surface area contributed by atoms with Crippen LogP contribution < -0.4 is 0 Å². The first-order valence-corrected chi connectivity index (χ1v) is 11.7. The molecule has 0 radical (unpaired) electrons. The van der Waals surface area contributed by atoms with Gasteiger partial charge in [0.25, 0.3) is 0 Å². The van der Waals surface area contributed by atoms with Crippen LogP contribution in [0, 0.1) is 0 Å². The van der Waals surface area contributed by atoms with Crippen molar-refractivity contribution < 1.29 is 9.05 Å². The maximum absolute atomic E-state index is 6.00. The van der Waals surface area contributed by atoms with Gasteiger partial charge >= 0.3 is 0 Å². The summed E-state index contributed by atoms with van der Waals surface area (Å²) in [5, 5.41) is 0. The van der Waals surface area contributed by atoms with Gasteiger partial charge in [0.05, 0.1) is 12.2 Å². The van der Waals surface area contributed by atoms with E-state index in [0.29, 0.717) is 0 Å². The van der Waals surface area contributed by atoms with E-state index in [9.17, 15) is 0 Å². The van der Waals surface area contributed by atoms with Gasteiger partial charge in [-0.1, -0.05) is 63.9 Å². The Balaban J connectivity index is 4.54. The van der Waals surface area contributed by atoms with Crippen molar-refractivity contribution >= 4 is 29.7 Å². The molecule has 2 nitrogen and oxygen atoms in total. The molecule has 0 aromatic heterocycles. The first-order valence-electron chi connectivity index (χ1n) is 7.90. The summed E-state index contributed by atoms with van der Waals surface area (Å²) in [6, 6.07) is 0. The largest absolute Gasteiger partial charge is 0.318 e. The van der Waals surface area contributed by atoms with Crippen LogP contribution in [0.25, 0.3) is 0 Å². The zero-order chi connectivity index (χ0) is 16.1. The van der Waals surface area contributed by atoms with Crippen LogP contribution in [0.5, 0.6) is 0 Å². The maximum Gasteiger partial charge on any atom is 0.244 e. The lowest BCUT2D eigenvalue weighted by atomic mass is 10.1. The van der Waals surface area contributed by atoms with Gasteiger partial charge in [-0.05, 0) is 37.5 Å². The molecule has 0 spiro atoms. The lowest BCUT2D eigenvalue weighted by Gasteiger charge is -2.27. The summed E-state index contributed by atoms with van der Waals surface area (Å²) in [6.07, 6.45) is 12.0. The first kappa shape index (κ1) is 21.4. The molecule has 0 aromatic carbocycles. The molecule has 0 N–H and O–H groups in total. The molecule has 0 bridgehead atoms. The average molecular weight is 351 g/mol. The lowest BCUT2D eigenvalue weighted by molar-refractivity contribution is 0.140. The summed E-state index contributed by atoms with van der Waals surface area (Å²) in [4.78, 5) is 0. The van der Waals surface area contributed by atoms with Gasteiger partial charge in [-0.15, -0.1) is 13.2 Å². The zero-order valence-corrected chi connectivity index (χ0v) is 16.1. The van der Waals surface area contributed by atoms with Crippen molar-refractivity contribution in [2.75, 3.05) is 0 Å². The van der Waals surface area contributed by atoms with E-state index in [4.69, 9.17) is 20.9 Å². The van der Waals surface area contributed by atoms with Crippen LogP contribution in [0.2, 0.25) is 0 Å². The third-order valence-electron chi connectivity index (χ3n) is 3.18. The molecule has 0 amide bonds. The number of rotatable bonds is 14. The summed E-state index contributed by atoms with van der Waals surface area (Å²) in [5.41, 5.74) is -2.51. The number of hydrogen-bond donors (Lipinski definition) is 1. The van der Waals surface area contributed by atoms with E-state index in [-0.39, 0.29) is 12.2 Å². The number of unbranched alkanes of at least 4 members (excludes halogenated alkanes) is 2. The second-order valence-electron chi connectivity index (χ2n) is 5.26. The van der Waals surface area contributed by atoms with E-state index in [1.165, 1.54) is 0 Å². The minimum Gasteiger partial charge on any atom is -0.318 e. The number of hydrogen-bond acceptors (Lipinski definition) is 3. The van der Waals surface area contributed by atoms with Crippen molar-refractivity contribution in [1.29, 1.82) is 0 Å². The summed E-state index contributed by atoms with van der Waals surface area (Å²) >= 11 is 10.00. The Labute approximate surface area is 141 Å². The van der Waals surface area contributed by atoms with E-state index in [0.717, 1.165) is 51.4 Å². The van der Waals surface area contributed by atoms with Crippen LogP contribution in [-0.2, 0) is 20.9 Å². The van der Waals surface area contributed by atoms with E-state index in [2.05, 4.69) is 39.3 Å². The van der Waals surface area contributed by atoms with Gasteiger partial charge in [-0.25, -0.2) is 0 Å². The van der Waals surface area contributed by atoms with Crippen LogP contribution >= 0.6 is 17.9 Å². The Morgan fingerprint density at radius 3 is 1.67 bits per heavy atom. The maximum atomic E-state index is 6.00. The van der Waals surface area contributed by atoms with Crippen molar-refractivity contribution in [2.24, 2.45) is 0 Å². The van der Waals surface area contributed by atoms with E-state index in [1.54, 1.807) is 0 Å². The van der Waals surface area contributed by atoms with Crippen LogP contribution in [0.1, 0.15) is 65.2 Å². The van der Waals surface area contributed by atoms with E-state index >= 15 is 0 Å². The highest BCUT2D eigenvalue weighted by Gasteiger charge is 2.23. The summed E-state index contributed by atoms with van der Waals surface area (Å²) < 4.78 is 12.0. The van der Waals surface area contributed by atoms with Crippen molar-refractivity contribution in [2.45, 2.75) is 77.4 Å².